The standard InChI is InChI=1S/C20H25Cl2N3O4/c21-13-11-15-17(16(22)12-13)29-10-5-20(15)18(27)25(19(28)23-20)7-2-1-6-24-8-3-14(26)4-9-24/h11-12,14,26H,1-10H2,(H,23,28). The summed E-state index contributed by atoms with van der Waals surface area (Å²) in [4.78, 5) is 29.5. The number of rotatable bonds is 5. The fourth-order valence-corrected chi connectivity index (χ4v) is 4.94. The SMILES string of the molecule is O=C1NC2(CCOc3c(Cl)cc(Cl)cc32)C(=O)N1CCCCN1CCC(O)CC1. The Morgan fingerprint density at radius 2 is 1.90 bits per heavy atom. The second kappa shape index (κ2) is 8.30. The first kappa shape index (κ1) is 20.7. The van der Waals surface area contributed by atoms with Gasteiger partial charge in [-0.1, -0.05) is 23.2 Å². The lowest BCUT2D eigenvalue weighted by Crippen LogP contribution is -2.47. The van der Waals surface area contributed by atoms with Crippen molar-refractivity contribution >= 4 is 35.1 Å². The highest BCUT2D eigenvalue weighted by atomic mass is 35.5. The molecule has 2 N–H and O–H groups in total. The molecular weight excluding hydrogens is 417 g/mol. The minimum Gasteiger partial charge on any atom is -0.492 e. The van der Waals surface area contributed by atoms with E-state index in [1.54, 1.807) is 12.1 Å². The molecule has 4 rings (SSSR count). The summed E-state index contributed by atoms with van der Waals surface area (Å²) in [5, 5.41) is 13.2. The number of nitrogens with one attached hydrogen (secondary N) is 1. The molecule has 0 aromatic heterocycles. The molecule has 3 heterocycles. The van der Waals surface area contributed by atoms with Crippen molar-refractivity contribution in [3.05, 3.63) is 27.7 Å². The van der Waals surface area contributed by atoms with Crippen molar-refractivity contribution in [3.63, 3.8) is 0 Å². The topological polar surface area (TPSA) is 82.1 Å². The van der Waals surface area contributed by atoms with Crippen LogP contribution in [0.3, 0.4) is 0 Å². The number of likely N-dealkylation sites (tertiary alicyclic amines) is 1. The van der Waals surface area contributed by atoms with Crippen LogP contribution in [0.15, 0.2) is 12.1 Å². The molecule has 0 radical (unpaired) electrons. The van der Waals surface area contributed by atoms with E-state index in [0.717, 1.165) is 45.3 Å². The summed E-state index contributed by atoms with van der Waals surface area (Å²) in [5.74, 6) is 0.136. The summed E-state index contributed by atoms with van der Waals surface area (Å²) in [6.07, 6.45) is 3.39. The number of aliphatic hydroxyl groups excluding tert-OH is 1. The highest BCUT2D eigenvalue weighted by Gasteiger charge is 2.55. The molecule has 3 amide bonds. The first-order valence-electron chi connectivity index (χ1n) is 10.1. The molecular formula is C20H25Cl2N3O4. The number of hydrogen-bond acceptors (Lipinski definition) is 5. The molecule has 0 saturated carbocycles. The van der Waals surface area contributed by atoms with E-state index in [2.05, 4.69) is 10.2 Å². The van der Waals surface area contributed by atoms with Crippen LogP contribution in [0.2, 0.25) is 10.0 Å². The third kappa shape index (κ3) is 3.93. The van der Waals surface area contributed by atoms with Crippen LogP contribution in [-0.2, 0) is 10.3 Å². The number of carbonyl (C=O) groups excluding carboxylic acids is 2. The van der Waals surface area contributed by atoms with Gasteiger partial charge in [0.15, 0.2) is 5.54 Å². The Kier molecular flexibility index (Phi) is 5.93. The minimum atomic E-state index is -1.16. The van der Waals surface area contributed by atoms with Crippen LogP contribution in [-0.4, -0.2) is 65.7 Å². The van der Waals surface area contributed by atoms with Crippen LogP contribution in [0.5, 0.6) is 5.75 Å². The molecule has 29 heavy (non-hydrogen) atoms. The monoisotopic (exact) mass is 441 g/mol. The summed E-state index contributed by atoms with van der Waals surface area (Å²) in [5.41, 5.74) is -0.642. The zero-order valence-electron chi connectivity index (χ0n) is 16.1. The van der Waals surface area contributed by atoms with Crippen molar-refractivity contribution in [3.8, 4) is 5.75 Å². The van der Waals surface area contributed by atoms with Crippen molar-refractivity contribution in [2.24, 2.45) is 0 Å². The number of hydrogen-bond donors (Lipinski definition) is 2. The number of benzene rings is 1. The minimum absolute atomic E-state index is 0.183. The number of urea groups is 1. The average Bonchev–Trinajstić information content (AvgIpc) is 2.92. The summed E-state index contributed by atoms with van der Waals surface area (Å²) in [6.45, 7) is 3.35. The number of halogens is 2. The van der Waals surface area contributed by atoms with Crippen molar-refractivity contribution in [2.45, 2.75) is 43.7 Å². The third-order valence-electron chi connectivity index (χ3n) is 6.03. The summed E-state index contributed by atoms with van der Waals surface area (Å²) in [6, 6.07) is 2.83. The summed E-state index contributed by atoms with van der Waals surface area (Å²) < 4.78 is 5.65. The number of carbonyl (C=O) groups is 2. The maximum Gasteiger partial charge on any atom is 0.325 e. The van der Waals surface area contributed by atoms with Gasteiger partial charge in [-0.05, 0) is 44.4 Å². The quantitative estimate of drug-likeness (QED) is 0.542. The van der Waals surface area contributed by atoms with Crippen molar-refractivity contribution in [1.29, 1.82) is 0 Å². The molecule has 3 aliphatic heterocycles. The Bertz CT molecular complexity index is 813. The Hall–Kier alpha value is -1.54. The van der Waals surface area contributed by atoms with Gasteiger partial charge in [-0.2, -0.15) is 0 Å². The van der Waals surface area contributed by atoms with Gasteiger partial charge in [-0.25, -0.2) is 4.79 Å². The number of imide groups is 1. The molecule has 158 valence electrons. The van der Waals surface area contributed by atoms with Gasteiger partial charge in [0.25, 0.3) is 5.91 Å². The number of amides is 3. The molecule has 2 fully saturated rings. The van der Waals surface area contributed by atoms with E-state index in [-0.39, 0.29) is 24.6 Å². The highest BCUT2D eigenvalue weighted by molar-refractivity contribution is 6.36. The van der Waals surface area contributed by atoms with Crippen LogP contribution < -0.4 is 10.1 Å². The van der Waals surface area contributed by atoms with E-state index < -0.39 is 5.54 Å². The second-order valence-corrected chi connectivity index (χ2v) is 8.78. The molecule has 1 atom stereocenters. The van der Waals surface area contributed by atoms with E-state index in [1.165, 1.54) is 4.90 Å². The van der Waals surface area contributed by atoms with Gasteiger partial charge in [0.2, 0.25) is 0 Å². The molecule has 9 heteroatoms. The Balaban J connectivity index is 1.41. The zero-order valence-corrected chi connectivity index (χ0v) is 17.6. The molecule has 7 nitrogen and oxygen atoms in total. The Labute approximate surface area is 179 Å². The van der Waals surface area contributed by atoms with Crippen molar-refractivity contribution in [2.75, 3.05) is 32.8 Å². The van der Waals surface area contributed by atoms with Gasteiger partial charge in [0.05, 0.1) is 17.7 Å². The molecule has 1 unspecified atom stereocenters. The predicted molar refractivity (Wildman–Crippen MR) is 109 cm³/mol. The number of ether oxygens (including phenoxy) is 1. The Morgan fingerprint density at radius 1 is 1.17 bits per heavy atom. The fourth-order valence-electron chi connectivity index (χ4n) is 4.39. The third-order valence-corrected chi connectivity index (χ3v) is 6.53. The normalized spacial score (nSPS) is 25.3. The molecule has 0 aliphatic carbocycles. The number of unbranched alkanes of at least 4 members (excludes halogenated alkanes) is 1. The van der Waals surface area contributed by atoms with Crippen molar-refractivity contribution in [1.82, 2.24) is 15.1 Å². The summed E-state index contributed by atoms with van der Waals surface area (Å²) in [7, 11) is 0. The molecule has 1 aromatic rings. The Morgan fingerprint density at radius 3 is 2.66 bits per heavy atom. The van der Waals surface area contributed by atoms with E-state index in [0.29, 0.717) is 34.3 Å². The van der Waals surface area contributed by atoms with E-state index in [9.17, 15) is 14.7 Å². The van der Waals surface area contributed by atoms with E-state index in [4.69, 9.17) is 27.9 Å². The first-order valence-corrected chi connectivity index (χ1v) is 10.8. The molecule has 0 bridgehead atoms. The lowest BCUT2D eigenvalue weighted by Gasteiger charge is -2.33. The number of fused-ring (bicyclic) bond motifs is 2. The molecule has 2 saturated heterocycles. The van der Waals surface area contributed by atoms with Gasteiger partial charge >= 0.3 is 6.03 Å². The molecule has 1 spiro atoms. The maximum absolute atomic E-state index is 13.3. The van der Waals surface area contributed by atoms with Crippen LogP contribution in [0, 0.1) is 0 Å². The average molecular weight is 442 g/mol. The van der Waals surface area contributed by atoms with Crippen molar-refractivity contribution < 1.29 is 19.4 Å². The predicted octanol–water partition coefficient (Wildman–Crippen LogP) is 2.76. The van der Waals surface area contributed by atoms with E-state index >= 15 is 0 Å². The van der Waals surface area contributed by atoms with Gasteiger partial charge in [0, 0.05) is 36.6 Å². The number of nitrogens with zero attached hydrogens (tertiary/aromatic N) is 2. The fraction of sp³-hybridized carbons (Fsp3) is 0.600. The maximum atomic E-state index is 13.3. The zero-order chi connectivity index (χ0) is 20.6. The lowest BCUT2D eigenvalue weighted by atomic mass is 9.84. The first-order chi connectivity index (χ1) is 13.9. The second-order valence-electron chi connectivity index (χ2n) is 7.93. The van der Waals surface area contributed by atoms with Crippen LogP contribution in [0.1, 0.15) is 37.7 Å². The smallest absolute Gasteiger partial charge is 0.325 e. The molecule has 1 aromatic carbocycles. The van der Waals surface area contributed by atoms with Crippen LogP contribution in [0.25, 0.3) is 0 Å². The van der Waals surface area contributed by atoms with Crippen LogP contribution in [0.4, 0.5) is 4.79 Å². The lowest BCUT2D eigenvalue weighted by molar-refractivity contribution is -0.132. The number of aliphatic hydroxyl groups is 1. The van der Waals surface area contributed by atoms with Gasteiger partial charge in [-0.15, -0.1) is 0 Å². The van der Waals surface area contributed by atoms with Gasteiger partial charge in [-0.3, -0.25) is 9.69 Å². The number of piperidine rings is 1. The van der Waals surface area contributed by atoms with Gasteiger partial charge in [0.1, 0.15) is 5.75 Å². The summed E-state index contributed by atoms with van der Waals surface area (Å²) >= 11 is 12.4. The molecule has 3 aliphatic rings. The van der Waals surface area contributed by atoms with E-state index in [1.807, 2.05) is 0 Å². The highest BCUT2D eigenvalue weighted by Crippen LogP contribution is 2.45. The van der Waals surface area contributed by atoms with Crippen LogP contribution >= 0.6 is 23.2 Å². The van der Waals surface area contributed by atoms with Gasteiger partial charge < -0.3 is 20.1 Å². The largest absolute Gasteiger partial charge is 0.492 e.